The minimum absolute atomic E-state index is 0.0543. The molecule has 0 aliphatic carbocycles. The van der Waals surface area contributed by atoms with Gasteiger partial charge in [-0.15, -0.1) is 0 Å². The summed E-state index contributed by atoms with van der Waals surface area (Å²) in [5.74, 6) is -0.693. The summed E-state index contributed by atoms with van der Waals surface area (Å²) < 4.78 is 0. The molecule has 0 fully saturated rings. The van der Waals surface area contributed by atoms with Gasteiger partial charge in [-0.25, -0.2) is 0 Å². The van der Waals surface area contributed by atoms with Crippen LogP contribution in [-0.2, 0) is 4.79 Å². The Morgan fingerprint density at radius 1 is 1.33 bits per heavy atom. The van der Waals surface area contributed by atoms with Crippen molar-refractivity contribution in [1.29, 1.82) is 0 Å². The zero-order valence-electron chi connectivity index (χ0n) is 12.8. The van der Waals surface area contributed by atoms with Crippen LogP contribution in [0.5, 0.6) is 0 Å². The third-order valence-electron chi connectivity index (χ3n) is 3.35. The Kier molecular flexibility index (Phi) is 6.21. The van der Waals surface area contributed by atoms with E-state index in [4.69, 9.17) is 10.8 Å². The van der Waals surface area contributed by atoms with Gasteiger partial charge in [0.1, 0.15) is 0 Å². The molecule has 0 saturated carbocycles. The van der Waals surface area contributed by atoms with E-state index in [1.54, 1.807) is 18.2 Å². The zero-order valence-corrected chi connectivity index (χ0v) is 12.8. The molecule has 0 radical (unpaired) electrons. The van der Waals surface area contributed by atoms with Crippen molar-refractivity contribution in [3.05, 3.63) is 29.3 Å². The Labute approximate surface area is 125 Å². The van der Waals surface area contributed by atoms with E-state index in [1.807, 2.05) is 20.8 Å². The lowest BCUT2D eigenvalue weighted by molar-refractivity contribution is -0.138. The maximum atomic E-state index is 12.1. The SMILES string of the molecule is Cc1cc(C(=O)NC[C@H](CC(=O)O)CC(C)C)ccc1N. The summed E-state index contributed by atoms with van der Waals surface area (Å²) in [4.78, 5) is 22.9. The van der Waals surface area contributed by atoms with Gasteiger partial charge in [-0.2, -0.15) is 0 Å². The molecule has 0 aliphatic rings. The second-order valence-electron chi connectivity index (χ2n) is 5.87. The molecule has 4 N–H and O–H groups in total. The number of aryl methyl sites for hydroxylation is 1. The number of aliphatic carboxylic acids is 1. The van der Waals surface area contributed by atoms with Gasteiger partial charge >= 0.3 is 5.97 Å². The summed E-state index contributed by atoms with van der Waals surface area (Å²) in [7, 11) is 0. The third-order valence-corrected chi connectivity index (χ3v) is 3.35. The predicted molar refractivity (Wildman–Crippen MR) is 83.1 cm³/mol. The normalized spacial score (nSPS) is 12.2. The van der Waals surface area contributed by atoms with E-state index in [2.05, 4.69) is 5.32 Å². The number of hydrogen-bond donors (Lipinski definition) is 3. The van der Waals surface area contributed by atoms with Gasteiger partial charge in [0, 0.05) is 24.2 Å². The van der Waals surface area contributed by atoms with E-state index in [0.717, 1.165) is 12.0 Å². The first-order valence-electron chi connectivity index (χ1n) is 7.15. The number of carboxylic acid groups (broad SMARTS) is 1. The number of carbonyl (C=O) groups excluding carboxylic acids is 1. The first-order valence-corrected chi connectivity index (χ1v) is 7.15. The lowest BCUT2D eigenvalue weighted by atomic mass is 9.94. The molecule has 0 bridgehead atoms. The molecule has 1 aromatic rings. The van der Waals surface area contributed by atoms with Crippen LogP contribution in [0.2, 0.25) is 0 Å². The Hall–Kier alpha value is -2.04. The molecular formula is C16H24N2O3. The number of carboxylic acids is 1. The fourth-order valence-corrected chi connectivity index (χ4v) is 2.31. The molecule has 116 valence electrons. The average Bonchev–Trinajstić information content (AvgIpc) is 2.37. The highest BCUT2D eigenvalue weighted by Crippen LogP contribution is 2.16. The highest BCUT2D eigenvalue weighted by atomic mass is 16.4. The quantitative estimate of drug-likeness (QED) is 0.673. The smallest absolute Gasteiger partial charge is 0.303 e. The number of amides is 1. The molecule has 0 spiro atoms. The van der Waals surface area contributed by atoms with E-state index >= 15 is 0 Å². The van der Waals surface area contributed by atoms with Gasteiger partial charge in [0.25, 0.3) is 5.91 Å². The Bertz CT molecular complexity index is 512. The first-order chi connectivity index (χ1) is 9.79. The summed E-state index contributed by atoms with van der Waals surface area (Å²) in [6.07, 6.45) is 0.840. The van der Waals surface area contributed by atoms with Crippen molar-refractivity contribution in [2.24, 2.45) is 11.8 Å². The first kappa shape index (κ1) is 17.0. The van der Waals surface area contributed by atoms with Crippen LogP contribution in [0.3, 0.4) is 0 Å². The number of hydrogen-bond acceptors (Lipinski definition) is 3. The van der Waals surface area contributed by atoms with Crippen molar-refractivity contribution in [3.63, 3.8) is 0 Å². The number of benzene rings is 1. The van der Waals surface area contributed by atoms with Gasteiger partial charge in [-0.1, -0.05) is 13.8 Å². The monoisotopic (exact) mass is 292 g/mol. The van der Waals surface area contributed by atoms with Gasteiger partial charge in [-0.05, 0) is 48.9 Å². The number of anilines is 1. The molecule has 5 heteroatoms. The van der Waals surface area contributed by atoms with Gasteiger partial charge < -0.3 is 16.2 Å². The summed E-state index contributed by atoms with van der Waals surface area (Å²) in [6, 6.07) is 5.11. The van der Waals surface area contributed by atoms with Crippen LogP contribution in [0.4, 0.5) is 5.69 Å². The summed E-state index contributed by atoms with van der Waals surface area (Å²) >= 11 is 0. The number of nitrogens with two attached hydrogens (primary N) is 1. The van der Waals surface area contributed by atoms with E-state index < -0.39 is 5.97 Å². The Morgan fingerprint density at radius 3 is 2.52 bits per heavy atom. The van der Waals surface area contributed by atoms with Crippen molar-refractivity contribution >= 4 is 17.6 Å². The zero-order chi connectivity index (χ0) is 16.0. The van der Waals surface area contributed by atoms with Gasteiger partial charge in [-0.3, -0.25) is 9.59 Å². The average molecular weight is 292 g/mol. The van der Waals surface area contributed by atoms with Gasteiger partial charge in [0.05, 0.1) is 0 Å². The van der Waals surface area contributed by atoms with Crippen LogP contribution < -0.4 is 11.1 Å². The molecule has 1 atom stereocenters. The van der Waals surface area contributed by atoms with Crippen LogP contribution in [0.1, 0.15) is 42.6 Å². The van der Waals surface area contributed by atoms with Crippen LogP contribution in [0.15, 0.2) is 18.2 Å². The second-order valence-corrected chi connectivity index (χ2v) is 5.87. The maximum Gasteiger partial charge on any atom is 0.303 e. The molecule has 0 aromatic heterocycles. The minimum atomic E-state index is -0.835. The lowest BCUT2D eigenvalue weighted by Gasteiger charge is -2.18. The van der Waals surface area contributed by atoms with Crippen LogP contribution in [0, 0.1) is 18.8 Å². The molecule has 1 rings (SSSR count). The van der Waals surface area contributed by atoms with Crippen molar-refractivity contribution < 1.29 is 14.7 Å². The fourth-order valence-electron chi connectivity index (χ4n) is 2.31. The van der Waals surface area contributed by atoms with Crippen molar-refractivity contribution in [3.8, 4) is 0 Å². The minimum Gasteiger partial charge on any atom is -0.481 e. The summed E-state index contributed by atoms with van der Waals surface area (Å²) in [6.45, 7) is 6.30. The van der Waals surface area contributed by atoms with Gasteiger partial charge in [0.2, 0.25) is 0 Å². The Balaban J connectivity index is 2.63. The second kappa shape index (κ2) is 7.67. The van der Waals surface area contributed by atoms with Crippen molar-refractivity contribution in [1.82, 2.24) is 5.32 Å². The van der Waals surface area contributed by atoms with Crippen molar-refractivity contribution in [2.45, 2.75) is 33.6 Å². The number of rotatable bonds is 7. The number of nitrogen functional groups attached to an aromatic ring is 1. The summed E-state index contributed by atoms with van der Waals surface area (Å²) in [5, 5.41) is 11.7. The van der Waals surface area contributed by atoms with Gasteiger partial charge in [0.15, 0.2) is 0 Å². The summed E-state index contributed by atoms with van der Waals surface area (Å²) in [5.41, 5.74) is 7.77. The molecule has 1 aromatic carbocycles. The van der Waals surface area contributed by atoms with E-state index in [-0.39, 0.29) is 18.2 Å². The molecule has 1 amide bonds. The standard InChI is InChI=1S/C16H24N2O3/c1-10(2)6-12(8-15(19)20)9-18-16(21)13-4-5-14(17)11(3)7-13/h4-5,7,10,12H,6,8-9,17H2,1-3H3,(H,18,21)(H,19,20)/t12-/m0/s1. The largest absolute Gasteiger partial charge is 0.481 e. The molecule has 0 saturated heterocycles. The van der Waals surface area contributed by atoms with Crippen molar-refractivity contribution in [2.75, 3.05) is 12.3 Å². The van der Waals surface area contributed by atoms with E-state index in [0.29, 0.717) is 23.7 Å². The van der Waals surface area contributed by atoms with E-state index in [1.165, 1.54) is 0 Å². The number of nitrogens with one attached hydrogen (secondary N) is 1. The molecule has 5 nitrogen and oxygen atoms in total. The molecular weight excluding hydrogens is 268 g/mol. The lowest BCUT2D eigenvalue weighted by Crippen LogP contribution is -2.31. The fraction of sp³-hybridized carbons (Fsp3) is 0.500. The highest BCUT2D eigenvalue weighted by Gasteiger charge is 2.16. The third kappa shape index (κ3) is 5.85. The Morgan fingerprint density at radius 2 is 2.00 bits per heavy atom. The van der Waals surface area contributed by atoms with E-state index in [9.17, 15) is 9.59 Å². The molecule has 21 heavy (non-hydrogen) atoms. The molecule has 0 aliphatic heterocycles. The van der Waals surface area contributed by atoms with Crippen LogP contribution in [-0.4, -0.2) is 23.5 Å². The topological polar surface area (TPSA) is 92.4 Å². The highest BCUT2D eigenvalue weighted by molar-refractivity contribution is 5.94. The maximum absolute atomic E-state index is 12.1. The molecule has 0 unspecified atom stereocenters. The van der Waals surface area contributed by atoms with Crippen LogP contribution in [0.25, 0.3) is 0 Å². The predicted octanol–water partition coefficient (Wildman–Crippen LogP) is 2.44. The number of carbonyl (C=O) groups is 2. The van der Waals surface area contributed by atoms with Crippen LogP contribution >= 0.6 is 0 Å². The molecule has 0 heterocycles.